The Bertz CT molecular complexity index is 1210. The van der Waals surface area contributed by atoms with Gasteiger partial charge in [0.15, 0.2) is 0 Å². The predicted octanol–water partition coefficient (Wildman–Crippen LogP) is 4.09. The summed E-state index contributed by atoms with van der Waals surface area (Å²) in [7, 11) is 1.93. The Labute approximate surface area is 236 Å². The lowest BCUT2D eigenvalue weighted by Gasteiger charge is -2.35. The number of hydrogen-bond donors (Lipinski definition) is 2. The maximum atomic E-state index is 13.3. The van der Waals surface area contributed by atoms with Crippen molar-refractivity contribution in [1.29, 1.82) is 0 Å². The first-order valence-electron chi connectivity index (χ1n) is 14.2. The van der Waals surface area contributed by atoms with Crippen LogP contribution in [0.5, 0.6) is 0 Å². The molecule has 1 fully saturated rings. The minimum atomic E-state index is -1.30. The van der Waals surface area contributed by atoms with Gasteiger partial charge in [-0.2, -0.15) is 0 Å². The van der Waals surface area contributed by atoms with Crippen molar-refractivity contribution in [2.75, 3.05) is 19.7 Å². The molecule has 1 aromatic heterocycles. The van der Waals surface area contributed by atoms with Crippen molar-refractivity contribution in [3.8, 4) is 0 Å². The number of cyclic esters (lactones) is 1. The molecule has 222 valence electrons. The van der Waals surface area contributed by atoms with Gasteiger partial charge in [-0.1, -0.05) is 33.8 Å². The Balaban J connectivity index is 1.96. The number of benzene rings is 1. The number of carbonyl (C=O) groups is 3. The Morgan fingerprint density at radius 2 is 1.88 bits per heavy atom. The Morgan fingerprint density at radius 3 is 2.55 bits per heavy atom. The molecule has 2 heterocycles. The summed E-state index contributed by atoms with van der Waals surface area (Å²) in [5, 5.41) is 21.9. The topological polar surface area (TPSA) is 131 Å². The summed E-state index contributed by atoms with van der Waals surface area (Å²) in [6.45, 7) is 11.3. The number of ketones is 1. The van der Waals surface area contributed by atoms with Crippen molar-refractivity contribution in [2.24, 2.45) is 24.3 Å². The highest BCUT2D eigenvalue weighted by atomic mass is 16.6. The number of aromatic nitrogens is 2. The molecular weight excluding hydrogens is 514 g/mol. The van der Waals surface area contributed by atoms with Gasteiger partial charge < -0.3 is 29.2 Å². The number of fused-ring (bicyclic) bond motifs is 1. The second kappa shape index (κ2) is 13.1. The fraction of sp³-hybridized carbons (Fsp3) is 0.667. The number of amides is 1. The number of rotatable bonds is 2. The summed E-state index contributed by atoms with van der Waals surface area (Å²) in [6.07, 6.45) is -2.31. The molecule has 5 atom stereocenters. The minimum absolute atomic E-state index is 0.213. The van der Waals surface area contributed by atoms with Crippen molar-refractivity contribution in [2.45, 2.75) is 85.5 Å². The van der Waals surface area contributed by atoms with E-state index in [0.29, 0.717) is 25.8 Å². The van der Waals surface area contributed by atoms with Gasteiger partial charge in [-0.3, -0.25) is 9.59 Å². The largest absolute Gasteiger partial charge is 0.457 e. The quantitative estimate of drug-likeness (QED) is 0.526. The minimum Gasteiger partial charge on any atom is -0.457 e. The van der Waals surface area contributed by atoms with Crippen LogP contribution in [0.2, 0.25) is 0 Å². The fourth-order valence-corrected chi connectivity index (χ4v) is 5.41. The third-order valence-corrected chi connectivity index (χ3v) is 8.39. The number of aliphatic hydroxyl groups is 2. The molecule has 2 aromatic rings. The highest BCUT2D eigenvalue weighted by Gasteiger charge is 2.42. The van der Waals surface area contributed by atoms with Crippen LogP contribution in [0.15, 0.2) is 18.2 Å². The molecule has 1 amide bonds. The van der Waals surface area contributed by atoms with Crippen LogP contribution in [-0.4, -0.2) is 74.4 Å². The van der Waals surface area contributed by atoms with Crippen molar-refractivity contribution in [3.05, 3.63) is 29.6 Å². The van der Waals surface area contributed by atoms with Gasteiger partial charge in [-0.05, 0) is 50.3 Å². The van der Waals surface area contributed by atoms with E-state index in [4.69, 9.17) is 9.47 Å². The van der Waals surface area contributed by atoms with E-state index in [0.717, 1.165) is 22.4 Å². The van der Waals surface area contributed by atoms with E-state index in [1.807, 2.05) is 43.7 Å². The molecule has 10 heteroatoms. The molecule has 10 nitrogen and oxygen atoms in total. The van der Waals surface area contributed by atoms with Crippen molar-refractivity contribution >= 4 is 28.9 Å². The molecule has 1 aromatic carbocycles. The zero-order valence-electron chi connectivity index (χ0n) is 24.8. The molecule has 1 saturated heterocycles. The average molecular weight is 560 g/mol. The normalized spacial score (nSPS) is 27.4. The van der Waals surface area contributed by atoms with Gasteiger partial charge in [0.05, 0.1) is 41.7 Å². The maximum Gasteiger partial charge on any atom is 0.409 e. The summed E-state index contributed by atoms with van der Waals surface area (Å²) in [5.41, 5.74) is 1.15. The molecule has 0 saturated carbocycles. The third kappa shape index (κ3) is 7.01. The summed E-state index contributed by atoms with van der Waals surface area (Å²) in [5.74, 6) is -1.09. The number of aliphatic hydroxyl groups excluding tert-OH is 2. The number of nitrogens with zero attached hydrogens (tertiary/aromatic N) is 3. The SMILES string of the molecule is CCOC(=O)N1CCC[C@H](C)[C@H](O)[C@@H](C)C(=O)C(C)(C)[C@@H](O)CC(=O)OC(c2ccc3c(c2)nc(C)n3C)CC1. The van der Waals surface area contributed by atoms with E-state index in [1.165, 1.54) is 0 Å². The number of carbonyl (C=O) groups excluding carboxylic acids is 3. The highest BCUT2D eigenvalue weighted by molar-refractivity contribution is 5.88. The first-order chi connectivity index (χ1) is 18.8. The molecule has 0 bridgehead atoms. The van der Waals surface area contributed by atoms with Crippen LogP contribution < -0.4 is 0 Å². The lowest BCUT2D eigenvalue weighted by Crippen LogP contribution is -2.45. The van der Waals surface area contributed by atoms with Crippen LogP contribution in [0.1, 0.15) is 77.8 Å². The van der Waals surface area contributed by atoms with Crippen LogP contribution in [-0.2, 0) is 26.1 Å². The highest BCUT2D eigenvalue weighted by Crippen LogP contribution is 2.33. The molecule has 1 aliphatic rings. The van der Waals surface area contributed by atoms with Crippen LogP contribution in [0.3, 0.4) is 0 Å². The molecular formula is C30H45N3O7. The number of esters is 1. The summed E-state index contributed by atoms with van der Waals surface area (Å²) in [6, 6.07) is 5.68. The van der Waals surface area contributed by atoms with Crippen molar-refractivity contribution in [3.63, 3.8) is 0 Å². The number of hydrogen-bond acceptors (Lipinski definition) is 8. The molecule has 3 rings (SSSR count). The third-order valence-electron chi connectivity index (χ3n) is 8.39. The Morgan fingerprint density at radius 1 is 1.18 bits per heavy atom. The number of Topliss-reactive ketones (excluding diaryl/α,β-unsaturated/α-hetero) is 1. The zero-order valence-corrected chi connectivity index (χ0v) is 24.8. The predicted molar refractivity (Wildman–Crippen MR) is 150 cm³/mol. The molecule has 1 unspecified atom stereocenters. The zero-order chi connectivity index (χ0) is 29.8. The van der Waals surface area contributed by atoms with E-state index < -0.39 is 41.7 Å². The molecule has 40 heavy (non-hydrogen) atoms. The van der Waals surface area contributed by atoms with Crippen LogP contribution in [0.4, 0.5) is 4.79 Å². The van der Waals surface area contributed by atoms with Gasteiger partial charge in [0.25, 0.3) is 0 Å². The molecule has 0 radical (unpaired) electrons. The first-order valence-corrected chi connectivity index (χ1v) is 14.2. The number of ether oxygens (including phenoxy) is 2. The van der Waals surface area contributed by atoms with E-state index in [-0.39, 0.29) is 31.3 Å². The standard InChI is InChI=1S/C30H45N3O7/c1-8-39-29(38)33-14-9-10-18(2)27(36)19(3)28(37)30(5,6)25(34)17-26(35)40-24(13-15-33)21-11-12-23-22(16-21)31-20(4)32(23)7/h11-12,16,18-19,24-25,27,34,36H,8-10,13-15,17H2,1-7H3/t18-,19+,24?,25-,27-/m0/s1. The number of imidazole rings is 1. The van der Waals surface area contributed by atoms with E-state index >= 15 is 0 Å². The van der Waals surface area contributed by atoms with E-state index in [1.54, 1.807) is 32.6 Å². The molecule has 2 N–H and O–H groups in total. The van der Waals surface area contributed by atoms with Crippen molar-refractivity contribution < 1.29 is 34.1 Å². The van der Waals surface area contributed by atoms with Crippen LogP contribution in [0, 0.1) is 24.2 Å². The fourth-order valence-electron chi connectivity index (χ4n) is 5.41. The van der Waals surface area contributed by atoms with Crippen LogP contribution in [0.25, 0.3) is 11.0 Å². The molecule has 1 aliphatic heterocycles. The summed E-state index contributed by atoms with van der Waals surface area (Å²) < 4.78 is 13.2. The van der Waals surface area contributed by atoms with Gasteiger partial charge in [0.2, 0.25) is 0 Å². The Hall–Kier alpha value is -2.98. The van der Waals surface area contributed by atoms with Gasteiger partial charge >= 0.3 is 12.1 Å². The van der Waals surface area contributed by atoms with Crippen LogP contribution >= 0.6 is 0 Å². The molecule has 0 aliphatic carbocycles. The monoisotopic (exact) mass is 559 g/mol. The van der Waals surface area contributed by atoms with Gasteiger partial charge in [0, 0.05) is 32.5 Å². The smallest absolute Gasteiger partial charge is 0.409 e. The Kier molecular flexibility index (Phi) is 10.3. The van der Waals surface area contributed by atoms with Crippen molar-refractivity contribution in [1.82, 2.24) is 14.5 Å². The summed E-state index contributed by atoms with van der Waals surface area (Å²) in [4.78, 5) is 45.4. The lowest BCUT2D eigenvalue weighted by molar-refractivity contribution is -0.156. The van der Waals surface area contributed by atoms with Gasteiger partial charge in [0.1, 0.15) is 17.7 Å². The number of aryl methyl sites for hydroxylation is 2. The van der Waals surface area contributed by atoms with Gasteiger partial charge in [-0.25, -0.2) is 9.78 Å². The second-order valence-corrected chi connectivity index (χ2v) is 11.6. The van der Waals surface area contributed by atoms with E-state index in [9.17, 15) is 24.6 Å². The van der Waals surface area contributed by atoms with Gasteiger partial charge in [-0.15, -0.1) is 0 Å². The maximum absolute atomic E-state index is 13.3. The van der Waals surface area contributed by atoms with E-state index in [2.05, 4.69) is 4.98 Å². The molecule has 0 spiro atoms. The second-order valence-electron chi connectivity index (χ2n) is 11.6. The average Bonchev–Trinajstić information content (AvgIpc) is 3.19. The lowest BCUT2D eigenvalue weighted by atomic mass is 9.73. The first kappa shape index (κ1) is 31.5. The summed E-state index contributed by atoms with van der Waals surface area (Å²) >= 11 is 0.